The summed E-state index contributed by atoms with van der Waals surface area (Å²) in [6, 6.07) is 0. The molecule has 0 aromatic rings. The van der Waals surface area contributed by atoms with Crippen molar-refractivity contribution in [2.75, 3.05) is 47.0 Å². The van der Waals surface area contributed by atoms with Crippen LogP contribution in [0.15, 0.2) is 0 Å². The van der Waals surface area contributed by atoms with Gasteiger partial charge in [-0.1, -0.05) is 0 Å². The predicted molar refractivity (Wildman–Crippen MR) is 61.4 cm³/mol. The van der Waals surface area contributed by atoms with Crippen LogP contribution in [0.1, 0.15) is 12.8 Å². The zero-order chi connectivity index (χ0) is 11.8. The molecule has 5 heteroatoms. The van der Waals surface area contributed by atoms with Crippen LogP contribution in [-0.4, -0.2) is 63.9 Å². The molecule has 0 spiro atoms. The molecule has 0 aliphatic carbocycles. The first-order valence-electron chi connectivity index (χ1n) is 5.79. The van der Waals surface area contributed by atoms with Gasteiger partial charge in [-0.2, -0.15) is 0 Å². The van der Waals surface area contributed by atoms with Gasteiger partial charge in [-0.25, -0.2) is 0 Å². The van der Waals surface area contributed by atoms with Crippen molar-refractivity contribution in [2.45, 2.75) is 18.9 Å². The van der Waals surface area contributed by atoms with Gasteiger partial charge in [0.05, 0.1) is 12.7 Å². The number of piperidine rings is 1. The molecule has 0 saturated carbocycles. The maximum atomic E-state index is 11.6. The molecule has 0 aromatic carbocycles. The molecule has 0 aromatic heterocycles. The highest BCUT2D eigenvalue weighted by molar-refractivity contribution is 5.77. The summed E-state index contributed by atoms with van der Waals surface area (Å²) in [5.41, 5.74) is 0. The van der Waals surface area contributed by atoms with E-state index in [-0.39, 0.29) is 18.6 Å². The maximum Gasteiger partial charge on any atom is 0.248 e. The first kappa shape index (κ1) is 13.4. The van der Waals surface area contributed by atoms with Gasteiger partial charge in [-0.3, -0.25) is 4.79 Å². The molecule has 1 saturated heterocycles. The highest BCUT2D eigenvalue weighted by atomic mass is 16.5. The second kappa shape index (κ2) is 7.60. The third kappa shape index (κ3) is 4.92. The molecule has 1 aliphatic rings. The Hall–Kier alpha value is -0.650. The summed E-state index contributed by atoms with van der Waals surface area (Å²) in [7, 11) is 3.40. The summed E-state index contributed by atoms with van der Waals surface area (Å²) in [4.78, 5) is 13.3. The number of hydrogen-bond donors (Lipinski definition) is 1. The van der Waals surface area contributed by atoms with Crippen LogP contribution in [0.25, 0.3) is 0 Å². The fraction of sp³-hybridized carbons (Fsp3) is 0.909. The maximum absolute atomic E-state index is 11.6. The average molecular weight is 230 g/mol. The highest BCUT2D eigenvalue weighted by Gasteiger charge is 2.16. The summed E-state index contributed by atoms with van der Waals surface area (Å²) in [6.45, 7) is 3.34. The van der Waals surface area contributed by atoms with E-state index in [1.165, 1.54) is 0 Å². The number of carbonyl (C=O) groups excluding carboxylic acids is 1. The Bertz CT molecular complexity index is 205. The quantitative estimate of drug-likeness (QED) is 0.690. The molecule has 0 bridgehead atoms. The molecule has 1 aliphatic heterocycles. The Morgan fingerprint density at radius 2 is 2.12 bits per heavy atom. The summed E-state index contributed by atoms with van der Waals surface area (Å²) in [6.07, 6.45) is 2.23. The normalized spacial score (nSPS) is 17.4. The Kier molecular flexibility index (Phi) is 6.37. The summed E-state index contributed by atoms with van der Waals surface area (Å²) in [5.74, 6) is 0.0237. The van der Waals surface area contributed by atoms with Crippen molar-refractivity contribution in [2.24, 2.45) is 0 Å². The zero-order valence-corrected chi connectivity index (χ0v) is 10.2. The van der Waals surface area contributed by atoms with Crippen LogP contribution >= 0.6 is 0 Å². The summed E-state index contributed by atoms with van der Waals surface area (Å²) >= 11 is 0. The van der Waals surface area contributed by atoms with Crippen molar-refractivity contribution in [3.05, 3.63) is 0 Å². The number of nitrogens with one attached hydrogen (secondary N) is 1. The van der Waals surface area contributed by atoms with E-state index < -0.39 is 0 Å². The van der Waals surface area contributed by atoms with E-state index in [1.54, 1.807) is 19.1 Å². The van der Waals surface area contributed by atoms with Gasteiger partial charge < -0.3 is 19.7 Å². The fourth-order valence-electron chi connectivity index (χ4n) is 1.61. The van der Waals surface area contributed by atoms with Crippen molar-refractivity contribution in [3.63, 3.8) is 0 Å². The standard InChI is InChI=1S/C11H22N2O3/c1-13(7-8-15-2)11(14)9-16-10-3-5-12-6-4-10/h10,12H,3-9H2,1-2H3. The van der Waals surface area contributed by atoms with E-state index in [2.05, 4.69) is 5.32 Å². The van der Waals surface area contributed by atoms with Crippen molar-refractivity contribution in [1.29, 1.82) is 0 Å². The smallest absolute Gasteiger partial charge is 0.248 e. The van der Waals surface area contributed by atoms with Gasteiger partial charge in [0, 0.05) is 20.7 Å². The van der Waals surface area contributed by atoms with E-state index in [1.807, 2.05) is 0 Å². The van der Waals surface area contributed by atoms with Crippen molar-refractivity contribution in [1.82, 2.24) is 10.2 Å². The molecule has 1 rings (SSSR count). The van der Waals surface area contributed by atoms with Gasteiger partial charge in [-0.05, 0) is 25.9 Å². The molecule has 0 unspecified atom stereocenters. The number of likely N-dealkylation sites (N-methyl/N-ethyl adjacent to an activating group) is 1. The predicted octanol–water partition coefficient (Wildman–Crippen LogP) is -0.140. The lowest BCUT2D eigenvalue weighted by atomic mass is 10.1. The number of methoxy groups -OCH3 is 1. The van der Waals surface area contributed by atoms with E-state index in [4.69, 9.17) is 9.47 Å². The number of ether oxygens (including phenoxy) is 2. The topological polar surface area (TPSA) is 50.8 Å². The van der Waals surface area contributed by atoms with Crippen LogP contribution in [0.2, 0.25) is 0 Å². The number of hydrogen-bond acceptors (Lipinski definition) is 4. The van der Waals surface area contributed by atoms with Crippen LogP contribution in [0.3, 0.4) is 0 Å². The Labute approximate surface area is 97.1 Å². The van der Waals surface area contributed by atoms with Crippen LogP contribution in [-0.2, 0) is 14.3 Å². The van der Waals surface area contributed by atoms with Gasteiger partial charge >= 0.3 is 0 Å². The van der Waals surface area contributed by atoms with Crippen molar-refractivity contribution in [3.8, 4) is 0 Å². The molecular formula is C11H22N2O3. The summed E-state index contributed by atoms with van der Waals surface area (Å²) < 4.78 is 10.5. The largest absolute Gasteiger partial charge is 0.383 e. The van der Waals surface area contributed by atoms with Gasteiger partial charge in [0.25, 0.3) is 0 Å². The number of amides is 1. The lowest BCUT2D eigenvalue weighted by Gasteiger charge is -2.24. The lowest BCUT2D eigenvalue weighted by Crippen LogP contribution is -2.37. The third-order valence-corrected chi connectivity index (χ3v) is 2.79. The van der Waals surface area contributed by atoms with Crippen LogP contribution in [0, 0.1) is 0 Å². The summed E-state index contributed by atoms with van der Waals surface area (Å²) in [5, 5.41) is 3.26. The molecule has 1 amide bonds. The molecule has 1 fully saturated rings. The lowest BCUT2D eigenvalue weighted by molar-refractivity contribution is -0.137. The highest BCUT2D eigenvalue weighted by Crippen LogP contribution is 2.06. The molecule has 94 valence electrons. The fourth-order valence-corrected chi connectivity index (χ4v) is 1.61. The molecule has 1 N–H and O–H groups in total. The number of nitrogens with zero attached hydrogens (tertiary/aromatic N) is 1. The van der Waals surface area contributed by atoms with E-state index in [0.717, 1.165) is 25.9 Å². The van der Waals surface area contributed by atoms with Crippen LogP contribution in [0.4, 0.5) is 0 Å². The number of carbonyl (C=O) groups is 1. The van der Waals surface area contributed by atoms with Crippen molar-refractivity contribution >= 4 is 5.91 Å². The minimum atomic E-state index is 0.0237. The monoisotopic (exact) mass is 230 g/mol. The van der Waals surface area contributed by atoms with Gasteiger partial charge in [0.1, 0.15) is 6.61 Å². The van der Waals surface area contributed by atoms with Gasteiger partial charge in [0.15, 0.2) is 0 Å². The van der Waals surface area contributed by atoms with Gasteiger partial charge in [0.2, 0.25) is 5.91 Å². The Morgan fingerprint density at radius 1 is 1.44 bits per heavy atom. The first-order chi connectivity index (χ1) is 7.74. The molecule has 0 atom stereocenters. The van der Waals surface area contributed by atoms with E-state index in [0.29, 0.717) is 13.2 Å². The SMILES string of the molecule is COCCN(C)C(=O)COC1CCNCC1. The molecular weight excluding hydrogens is 208 g/mol. The Balaban J connectivity index is 2.12. The minimum absolute atomic E-state index is 0.0237. The second-order valence-electron chi connectivity index (χ2n) is 4.07. The molecule has 1 heterocycles. The molecule has 0 radical (unpaired) electrons. The Morgan fingerprint density at radius 3 is 2.75 bits per heavy atom. The first-order valence-corrected chi connectivity index (χ1v) is 5.79. The van der Waals surface area contributed by atoms with E-state index >= 15 is 0 Å². The number of rotatable bonds is 6. The van der Waals surface area contributed by atoms with Crippen molar-refractivity contribution < 1.29 is 14.3 Å². The third-order valence-electron chi connectivity index (χ3n) is 2.79. The average Bonchev–Trinajstić information content (AvgIpc) is 2.34. The molecule has 16 heavy (non-hydrogen) atoms. The van der Waals surface area contributed by atoms with Crippen LogP contribution in [0.5, 0.6) is 0 Å². The second-order valence-corrected chi connectivity index (χ2v) is 4.07. The van der Waals surface area contributed by atoms with E-state index in [9.17, 15) is 4.79 Å². The molecule has 5 nitrogen and oxygen atoms in total. The minimum Gasteiger partial charge on any atom is -0.383 e. The van der Waals surface area contributed by atoms with Gasteiger partial charge in [-0.15, -0.1) is 0 Å². The zero-order valence-electron chi connectivity index (χ0n) is 10.2. The van der Waals surface area contributed by atoms with Crippen LogP contribution < -0.4 is 5.32 Å².